The summed E-state index contributed by atoms with van der Waals surface area (Å²) in [4.78, 5) is 22.9. The van der Waals surface area contributed by atoms with Gasteiger partial charge < -0.3 is 15.2 Å². The summed E-state index contributed by atoms with van der Waals surface area (Å²) in [5, 5.41) is 11.6. The Morgan fingerprint density at radius 2 is 1.84 bits per heavy atom. The van der Waals surface area contributed by atoms with Crippen LogP contribution in [0.2, 0.25) is 0 Å². The van der Waals surface area contributed by atoms with Crippen LogP contribution in [0.15, 0.2) is 23.1 Å². The molecule has 0 saturated carbocycles. The van der Waals surface area contributed by atoms with Gasteiger partial charge in [0.05, 0.1) is 29.6 Å². The van der Waals surface area contributed by atoms with Crippen LogP contribution in [-0.4, -0.2) is 44.4 Å². The minimum absolute atomic E-state index is 0.0416. The highest BCUT2D eigenvalue weighted by atomic mass is 32.2. The van der Waals surface area contributed by atoms with Crippen molar-refractivity contribution in [1.29, 1.82) is 0 Å². The highest BCUT2D eigenvalue weighted by molar-refractivity contribution is 7.90. The largest absolute Gasteiger partial charge is 0.478 e. The predicted octanol–water partition coefficient (Wildman–Crippen LogP) is 2.57. The molecule has 8 heteroatoms. The van der Waals surface area contributed by atoms with Crippen molar-refractivity contribution in [3.63, 3.8) is 0 Å². The molecule has 1 aromatic carbocycles. The Labute approximate surface area is 148 Å². The quantitative estimate of drug-likeness (QED) is 0.690. The van der Waals surface area contributed by atoms with E-state index in [0.29, 0.717) is 5.92 Å². The van der Waals surface area contributed by atoms with E-state index in [2.05, 4.69) is 19.2 Å². The van der Waals surface area contributed by atoms with Crippen LogP contribution in [0.4, 0.5) is 5.69 Å². The average Bonchev–Trinajstić information content (AvgIpc) is 2.44. The second kappa shape index (κ2) is 8.96. The van der Waals surface area contributed by atoms with Gasteiger partial charge in [0.15, 0.2) is 9.84 Å². The number of rotatable bonds is 9. The molecule has 0 radical (unpaired) electrons. The molecule has 1 atom stereocenters. The monoisotopic (exact) mass is 371 g/mol. The Balaban J connectivity index is 2.73. The van der Waals surface area contributed by atoms with Crippen molar-refractivity contribution in [2.75, 3.05) is 18.2 Å². The number of benzene rings is 1. The van der Waals surface area contributed by atoms with Gasteiger partial charge in [-0.25, -0.2) is 13.2 Å². The molecule has 0 fully saturated rings. The molecule has 1 amide bonds. The third-order valence-electron chi connectivity index (χ3n) is 3.40. The van der Waals surface area contributed by atoms with Crippen molar-refractivity contribution in [2.45, 2.75) is 44.6 Å². The fourth-order valence-electron chi connectivity index (χ4n) is 2.32. The topological polar surface area (TPSA) is 110 Å². The van der Waals surface area contributed by atoms with Gasteiger partial charge in [0.25, 0.3) is 0 Å². The molecule has 140 valence electrons. The van der Waals surface area contributed by atoms with Gasteiger partial charge in [0.1, 0.15) is 0 Å². The molecule has 7 nitrogen and oxygen atoms in total. The Hall–Kier alpha value is -1.93. The first-order valence-corrected chi connectivity index (χ1v) is 9.88. The number of hydrogen-bond acceptors (Lipinski definition) is 5. The molecular formula is C17H25NO6S. The minimum Gasteiger partial charge on any atom is -0.478 e. The number of carboxylic acids is 1. The first-order valence-electron chi connectivity index (χ1n) is 7.99. The standard InChI is InChI=1S/C17H25NO6S/c1-11(2)7-12(3)24-6-5-16(19)18-14-8-13(17(20)21)9-15(10-14)25(4,22)23/h8-12H,5-7H2,1-4H3,(H,18,19)(H,20,21). The summed E-state index contributed by atoms with van der Waals surface area (Å²) in [5.74, 6) is -1.15. The van der Waals surface area contributed by atoms with E-state index in [4.69, 9.17) is 9.84 Å². The molecule has 1 rings (SSSR count). The maximum Gasteiger partial charge on any atom is 0.335 e. The van der Waals surface area contributed by atoms with Gasteiger partial charge in [-0.05, 0) is 37.5 Å². The van der Waals surface area contributed by atoms with Crippen LogP contribution in [0, 0.1) is 5.92 Å². The van der Waals surface area contributed by atoms with E-state index < -0.39 is 15.8 Å². The maximum atomic E-state index is 12.0. The highest BCUT2D eigenvalue weighted by Gasteiger charge is 2.15. The number of amides is 1. The number of hydrogen-bond donors (Lipinski definition) is 2. The molecule has 0 spiro atoms. The summed E-state index contributed by atoms with van der Waals surface area (Å²) in [6.07, 6.45) is 2.00. The summed E-state index contributed by atoms with van der Waals surface area (Å²) in [6, 6.07) is 3.52. The zero-order valence-corrected chi connectivity index (χ0v) is 15.7. The van der Waals surface area contributed by atoms with E-state index in [0.717, 1.165) is 18.7 Å². The Kier molecular flexibility index (Phi) is 7.57. The Bertz CT molecular complexity index is 727. The minimum atomic E-state index is -3.60. The second-order valence-corrected chi connectivity index (χ2v) is 8.45. The van der Waals surface area contributed by atoms with Crippen LogP contribution in [0.5, 0.6) is 0 Å². The normalized spacial score (nSPS) is 12.8. The molecule has 1 aromatic rings. The van der Waals surface area contributed by atoms with Crippen LogP contribution in [0.1, 0.15) is 44.0 Å². The number of carbonyl (C=O) groups excluding carboxylic acids is 1. The summed E-state index contributed by atoms with van der Waals surface area (Å²) >= 11 is 0. The van der Waals surface area contributed by atoms with E-state index in [9.17, 15) is 18.0 Å². The van der Waals surface area contributed by atoms with E-state index in [1.807, 2.05) is 6.92 Å². The summed E-state index contributed by atoms with van der Waals surface area (Å²) in [5.41, 5.74) is -0.0828. The lowest BCUT2D eigenvalue weighted by Crippen LogP contribution is -2.18. The molecule has 25 heavy (non-hydrogen) atoms. The van der Waals surface area contributed by atoms with Crippen LogP contribution >= 0.6 is 0 Å². The number of sulfone groups is 1. The number of aromatic carboxylic acids is 1. The fraction of sp³-hybridized carbons (Fsp3) is 0.529. The van der Waals surface area contributed by atoms with Crippen molar-refractivity contribution >= 4 is 27.4 Å². The highest BCUT2D eigenvalue weighted by Crippen LogP contribution is 2.19. The van der Waals surface area contributed by atoms with Gasteiger partial charge in [-0.2, -0.15) is 0 Å². The zero-order chi connectivity index (χ0) is 19.2. The van der Waals surface area contributed by atoms with Crippen molar-refractivity contribution in [2.24, 2.45) is 5.92 Å². The van der Waals surface area contributed by atoms with Gasteiger partial charge in [-0.1, -0.05) is 13.8 Å². The average molecular weight is 371 g/mol. The van der Waals surface area contributed by atoms with Gasteiger partial charge >= 0.3 is 5.97 Å². The van der Waals surface area contributed by atoms with Gasteiger partial charge in [-0.3, -0.25) is 4.79 Å². The molecule has 0 aromatic heterocycles. The van der Waals surface area contributed by atoms with Crippen LogP contribution in [0.3, 0.4) is 0 Å². The maximum absolute atomic E-state index is 12.0. The Morgan fingerprint density at radius 3 is 2.36 bits per heavy atom. The lowest BCUT2D eigenvalue weighted by molar-refractivity contribution is -0.117. The predicted molar refractivity (Wildman–Crippen MR) is 94.6 cm³/mol. The lowest BCUT2D eigenvalue weighted by Gasteiger charge is -2.15. The first-order chi connectivity index (χ1) is 11.5. The van der Waals surface area contributed by atoms with Crippen molar-refractivity contribution in [3.8, 4) is 0 Å². The van der Waals surface area contributed by atoms with Crippen molar-refractivity contribution < 1.29 is 27.9 Å². The van der Waals surface area contributed by atoms with E-state index in [1.165, 1.54) is 12.1 Å². The molecule has 0 heterocycles. The molecule has 0 aliphatic heterocycles. The second-order valence-electron chi connectivity index (χ2n) is 6.43. The van der Waals surface area contributed by atoms with Gasteiger partial charge in [0.2, 0.25) is 5.91 Å². The molecule has 0 aliphatic rings. The smallest absolute Gasteiger partial charge is 0.335 e. The Morgan fingerprint density at radius 1 is 1.20 bits per heavy atom. The molecular weight excluding hydrogens is 346 g/mol. The molecule has 0 aliphatic carbocycles. The van der Waals surface area contributed by atoms with Gasteiger partial charge in [-0.15, -0.1) is 0 Å². The first kappa shape index (κ1) is 21.1. The molecule has 1 unspecified atom stereocenters. The number of carboxylic acid groups (broad SMARTS) is 1. The number of carbonyl (C=O) groups is 2. The van der Waals surface area contributed by atoms with Crippen LogP contribution in [-0.2, 0) is 19.4 Å². The summed E-state index contributed by atoms with van der Waals surface area (Å²) in [7, 11) is -3.60. The van der Waals surface area contributed by atoms with Crippen molar-refractivity contribution in [3.05, 3.63) is 23.8 Å². The fourth-order valence-corrected chi connectivity index (χ4v) is 3.00. The SMILES string of the molecule is CC(C)CC(C)OCCC(=O)Nc1cc(C(=O)O)cc(S(C)(=O)=O)c1. The molecule has 2 N–H and O–H groups in total. The third kappa shape index (κ3) is 7.66. The summed E-state index contributed by atoms with van der Waals surface area (Å²) < 4.78 is 28.9. The number of nitrogens with one attached hydrogen (secondary N) is 1. The van der Waals surface area contributed by atoms with E-state index >= 15 is 0 Å². The van der Waals surface area contributed by atoms with E-state index in [-0.39, 0.29) is 41.2 Å². The summed E-state index contributed by atoms with van der Waals surface area (Å²) in [6.45, 7) is 6.34. The number of anilines is 1. The van der Waals surface area contributed by atoms with E-state index in [1.54, 1.807) is 0 Å². The third-order valence-corrected chi connectivity index (χ3v) is 4.49. The molecule has 0 saturated heterocycles. The zero-order valence-electron chi connectivity index (χ0n) is 14.9. The van der Waals surface area contributed by atoms with Crippen molar-refractivity contribution in [1.82, 2.24) is 0 Å². The molecule has 0 bridgehead atoms. The van der Waals surface area contributed by atoms with Gasteiger partial charge in [0, 0.05) is 11.9 Å². The van der Waals surface area contributed by atoms with Crippen LogP contribution in [0.25, 0.3) is 0 Å². The lowest BCUT2D eigenvalue weighted by atomic mass is 10.1. The van der Waals surface area contributed by atoms with Crippen LogP contribution < -0.4 is 5.32 Å². The number of ether oxygens (including phenoxy) is 1.